The lowest BCUT2D eigenvalue weighted by atomic mass is 10.2. The van der Waals surface area contributed by atoms with E-state index < -0.39 is 11.6 Å². The summed E-state index contributed by atoms with van der Waals surface area (Å²) in [6.07, 6.45) is 0. The first-order chi connectivity index (χ1) is 3.98. The Morgan fingerprint density at radius 2 is 2.11 bits per heavy atom. The molecule has 0 saturated heterocycles. The van der Waals surface area contributed by atoms with E-state index in [1.165, 1.54) is 20.8 Å². The molecule has 0 fully saturated rings. The molecule has 0 unspecified atom stereocenters. The highest BCUT2D eigenvalue weighted by Crippen LogP contribution is 2.05. The van der Waals surface area contributed by atoms with Gasteiger partial charge in [-0.05, 0) is 13.8 Å². The van der Waals surface area contributed by atoms with Crippen molar-refractivity contribution in [2.45, 2.75) is 26.4 Å². The quantitative estimate of drug-likeness (QED) is 0.490. The van der Waals surface area contributed by atoms with Gasteiger partial charge in [-0.25, -0.2) is 0 Å². The second-order valence-electron chi connectivity index (χ2n) is 2.22. The first-order valence-electron chi connectivity index (χ1n) is 2.59. The molecular formula is C6H9NO2. The SMILES string of the molecule is CC(=O)OC(C)(C)C#N. The summed E-state index contributed by atoms with van der Waals surface area (Å²) in [7, 11) is 0. The van der Waals surface area contributed by atoms with Crippen LogP contribution < -0.4 is 0 Å². The van der Waals surface area contributed by atoms with E-state index >= 15 is 0 Å². The molecule has 0 aromatic carbocycles. The van der Waals surface area contributed by atoms with Crippen molar-refractivity contribution in [2.24, 2.45) is 0 Å². The van der Waals surface area contributed by atoms with Gasteiger partial charge in [-0.3, -0.25) is 4.79 Å². The van der Waals surface area contributed by atoms with E-state index in [4.69, 9.17) is 5.26 Å². The Hall–Kier alpha value is -1.04. The minimum Gasteiger partial charge on any atom is -0.444 e. The average molecular weight is 127 g/mol. The first-order valence-corrected chi connectivity index (χ1v) is 2.59. The standard InChI is InChI=1S/C6H9NO2/c1-5(8)9-6(2,3)4-7/h1-3H3. The number of nitrogens with zero attached hydrogens (tertiary/aromatic N) is 1. The van der Waals surface area contributed by atoms with E-state index in [2.05, 4.69) is 4.74 Å². The van der Waals surface area contributed by atoms with Crippen molar-refractivity contribution in [3.8, 4) is 6.07 Å². The Morgan fingerprint density at radius 1 is 1.67 bits per heavy atom. The van der Waals surface area contributed by atoms with Crippen LogP contribution in [0.3, 0.4) is 0 Å². The van der Waals surface area contributed by atoms with Crippen molar-refractivity contribution < 1.29 is 9.53 Å². The van der Waals surface area contributed by atoms with Gasteiger partial charge in [0.15, 0.2) is 5.60 Å². The molecule has 3 heteroatoms. The molecule has 0 aromatic heterocycles. The number of carbonyl (C=O) groups excluding carboxylic acids is 1. The smallest absolute Gasteiger partial charge is 0.304 e. The molecule has 0 aliphatic carbocycles. The van der Waals surface area contributed by atoms with E-state index in [1.54, 1.807) is 0 Å². The van der Waals surface area contributed by atoms with Crippen LogP contribution in [0, 0.1) is 11.3 Å². The normalized spacial score (nSPS) is 10.0. The zero-order valence-electron chi connectivity index (χ0n) is 5.76. The van der Waals surface area contributed by atoms with Gasteiger partial charge in [0.25, 0.3) is 0 Å². The van der Waals surface area contributed by atoms with Crippen molar-refractivity contribution >= 4 is 5.97 Å². The minimum atomic E-state index is -0.980. The molecule has 3 nitrogen and oxygen atoms in total. The summed E-state index contributed by atoms with van der Waals surface area (Å²) in [5.41, 5.74) is -0.980. The van der Waals surface area contributed by atoms with Crippen molar-refractivity contribution in [1.29, 1.82) is 5.26 Å². The second kappa shape index (κ2) is 2.49. The predicted octanol–water partition coefficient (Wildman–Crippen LogP) is 0.852. The first kappa shape index (κ1) is 7.96. The van der Waals surface area contributed by atoms with Crippen LogP contribution in [-0.2, 0) is 9.53 Å². The maximum Gasteiger partial charge on any atom is 0.304 e. The van der Waals surface area contributed by atoms with Crippen LogP contribution in [0.5, 0.6) is 0 Å². The molecule has 0 aromatic rings. The van der Waals surface area contributed by atoms with Crippen LogP contribution in [-0.4, -0.2) is 11.6 Å². The second-order valence-corrected chi connectivity index (χ2v) is 2.22. The van der Waals surface area contributed by atoms with Gasteiger partial charge in [0.1, 0.15) is 6.07 Å². The molecule has 0 rings (SSSR count). The van der Waals surface area contributed by atoms with Crippen molar-refractivity contribution in [3.63, 3.8) is 0 Å². The van der Waals surface area contributed by atoms with E-state index in [1.807, 2.05) is 6.07 Å². The monoisotopic (exact) mass is 127 g/mol. The van der Waals surface area contributed by atoms with Crippen molar-refractivity contribution in [2.75, 3.05) is 0 Å². The summed E-state index contributed by atoms with van der Waals surface area (Å²) >= 11 is 0. The molecule has 0 radical (unpaired) electrons. The maximum atomic E-state index is 10.2. The van der Waals surface area contributed by atoms with Gasteiger partial charge in [0.2, 0.25) is 0 Å². The molecule has 0 aliphatic heterocycles. The Morgan fingerprint density at radius 3 is 2.22 bits per heavy atom. The van der Waals surface area contributed by atoms with Gasteiger partial charge in [-0.15, -0.1) is 0 Å². The largest absolute Gasteiger partial charge is 0.444 e. The molecule has 0 heterocycles. The van der Waals surface area contributed by atoms with Gasteiger partial charge in [-0.2, -0.15) is 5.26 Å². The van der Waals surface area contributed by atoms with Gasteiger partial charge in [-0.1, -0.05) is 0 Å². The lowest BCUT2D eigenvalue weighted by molar-refractivity contribution is -0.149. The molecule has 0 N–H and O–H groups in total. The molecule has 50 valence electrons. The fourth-order valence-corrected chi connectivity index (χ4v) is 0.382. The van der Waals surface area contributed by atoms with Crippen LogP contribution in [0.1, 0.15) is 20.8 Å². The predicted molar refractivity (Wildman–Crippen MR) is 31.5 cm³/mol. The molecular weight excluding hydrogens is 118 g/mol. The number of rotatable bonds is 1. The summed E-state index contributed by atoms with van der Waals surface area (Å²) in [5.74, 6) is -0.429. The topological polar surface area (TPSA) is 50.1 Å². The summed E-state index contributed by atoms with van der Waals surface area (Å²) in [6.45, 7) is 4.35. The third-order valence-corrected chi connectivity index (χ3v) is 0.668. The van der Waals surface area contributed by atoms with Crippen LogP contribution in [0.15, 0.2) is 0 Å². The van der Waals surface area contributed by atoms with Crippen molar-refractivity contribution in [1.82, 2.24) is 0 Å². The fourth-order valence-electron chi connectivity index (χ4n) is 0.382. The van der Waals surface area contributed by atoms with E-state index in [-0.39, 0.29) is 0 Å². The summed E-state index contributed by atoms with van der Waals surface area (Å²) < 4.78 is 4.59. The Balaban J connectivity index is 3.91. The molecule has 0 atom stereocenters. The van der Waals surface area contributed by atoms with Crippen LogP contribution in [0.4, 0.5) is 0 Å². The van der Waals surface area contributed by atoms with Crippen LogP contribution in [0.2, 0.25) is 0 Å². The molecule has 0 saturated carbocycles. The molecule has 0 amide bonds. The van der Waals surface area contributed by atoms with Gasteiger partial charge in [0, 0.05) is 6.92 Å². The Labute approximate surface area is 54.2 Å². The van der Waals surface area contributed by atoms with Crippen molar-refractivity contribution in [3.05, 3.63) is 0 Å². The van der Waals surface area contributed by atoms with Gasteiger partial charge >= 0.3 is 5.97 Å². The lowest BCUT2D eigenvalue weighted by Crippen LogP contribution is -2.24. The molecule has 9 heavy (non-hydrogen) atoms. The fraction of sp³-hybridized carbons (Fsp3) is 0.667. The molecule has 0 spiro atoms. The third kappa shape index (κ3) is 3.53. The maximum absolute atomic E-state index is 10.2. The van der Waals surface area contributed by atoms with Gasteiger partial charge < -0.3 is 4.74 Å². The molecule has 0 aliphatic rings. The summed E-state index contributed by atoms with van der Waals surface area (Å²) in [5, 5.41) is 8.32. The number of carbonyl (C=O) groups is 1. The Bertz CT molecular complexity index is 155. The summed E-state index contributed by atoms with van der Waals surface area (Å²) in [6, 6.07) is 1.83. The average Bonchev–Trinajstić information content (AvgIpc) is 1.63. The number of ether oxygens (including phenoxy) is 1. The van der Waals surface area contributed by atoms with Gasteiger partial charge in [0.05, 0.1) is 0 Å². The molecule has 0 bridgehead atoms. The zero-order chi connectivity index (χ0) is 7.49. The highest BCUT2D eigenvalue weighted by Gasteiger charge is 2.18. The van der Waals surface area contributed by atoms with E-state index in [0.29, 0.717) is 0 Å². The number of nitriles is 1. The zero-order valence-corrected chi connectivity index (χ0v) is 5.76. The minimum absolute atomic E-state index is 0.429. The third-order valence-electron chi connectivity index (χ3n) is 0.668. The van der Waals surface area contributed by atoms with Crippen LogP contribution in [0.25, 0.3) is 0 Å². The van der Waals surface area contributed by atoms with E-state index in [0.717, 1.165) is 0 Å². The number of hydrogen-bond donors (Lipinski definition) is 0. The highest BCUT2D eigenvalue weighted by atomic mass is 16.6. The van der Waals surface area contributed by atoms with E-state index in [9.17, 15) is 4.79 Å². The summed E-state index contributed by atoms with van der Waals surface area (Å²) in [4.78, 5) is 10.2. The highest BCUT2D eigenvalue weighted by molar-refractivity contribution is 5.66. The Kier molecular flexibility index (Phi) is 2.20. The number of hydrogen-bond acceptors (Lipinski definition) is 3. The lowest BCUT2D eigenvalue weighted by Gasteiger charge is -2.13. The van der Waals surface area contributed by atoms with Crippen LogP contribution >= 0.6 is 0 Å². The number of esters is 1.